The number of aliphatic carboxylic acids is 1. The minimum Gasteiger partial charge on any atom is -0.508 e. The molecule has 2 rings (SSSR count). The topological polar surface area (TPSA) is 146 Å². The Balaban J connectivity index is 2.29. The van der Waals surface area contributed by atoms with Gasteiger partial charge in [0, 0.05) is 44.1 Å². The van der Waals surface area contributed by atoms with Crippen molar-refractivity contribution in [3.8, 4) is 5.75 Å². The second-order valence-electron chi connectivity index (χ2n) is 13.7. The van der Waals surface area contributed by atoms with Crippen molar-refractivity contribution in [1.82, 2.24) is 10.2 Å². The molecule has 1 aliphatic heterocycles. The second-order valence-corrected chi connectivity index (χ2v) is 14.7. The number of phenolic OH excluding ortho intramolecular Hbond substituents is 1. The van der Waals surface area contributed by atoms with E-state index in [1.54, 1.807) is 38.1 Å². The molecule has 3 N–H and O–H groups in total. The Hall–Kier alpha value is -3.08. The molecule has 0 aromatic heterocycles. The number of nitrogens with one attached hydrogen (secondary N) is 1. The molecule has 0 aliphatic carbocycles. The van der Waals surface area contributed by atoms with Gasteiger partial charge in [-0.1, -0.05) is 65.5 Å². The summed E-state index contributed by atoms with van der Waals surface area (Å²) in [6, 6.07) is 5.21. The van der Waals surface area contributed by atoms with Crippen molar-refractivity contribution < 1.29 is 34.1 Å². The van der Waals surface area contributed by atoms with E-state index in [1.807, 2.05) is 4.90 Å². The van der Waals surface area contributed by atoms with Crippen LogP contribution < -0.4 is 5.32 Å². The van der Waals surface area contributed by atoms with Gasteiger partial charge in [0.05, 0.1) is 5.41 Å². The summed E-state index contributed by atoms with van der Waals surface area (Å²) in [6.45, 7) is 13.6. The van der Waals surface area contributed by atoms with Crippen molar-refractivity contribution in [2.45, 2.75) is 137 Å². The zero-order chi connectivity index (χ0) is 35.1. The first-order chi connectivity index (χ1) is 22.2. The lowest BCUT2D eigenvalue weighted by atomic mass is 9.84. The molecule has 1 heterocycles. The Morgan fingerprint density at radius 2 is 1.72 bits per heavy atom. The maximum absolute atomic E-state index is 13.6. The van der Waals surface area contributed by atoms with Gasteiger partial charge in [-0.25, -0.2) is 0 Å². The monoisotopic (exact) mass is 675 g/mol. The summed E-state index contributed by atoms with van der Waals surface area (Å²) >= 11 is 1.38. The summed E-state index contributed by atoms with van der Waals surface area (Å²) in [5.41, 5.74) is -0.238. The number of esters is 1. The fourth-order valence-electron chi connectivity index (χ4n) is 5.83. The Labute approximate surface area is 285 Å². The van der Waals surface area contributed by atoms with Crippen LogP contribution in [0.5, 0.6) is 5.75 Å². The first-order valence-corrected chi connectivity index (χ1v) is 18.2. The summed E-state index contributed by atoms with van der Waals surface area (Å²) in [4.78, 5) is 57.9. The number of carboxylic acids is 1. The highest BCUT2D eigenvalue weighted by Crippen LogP contribution is 2.29. The quantitative estimate of drug-likeness (QED) is 0.101. The Morgan fingerprint density at radius 1 is 1.06 bits per heavy atom. The Kier molecular flexibility index (Phi) is 16.8. The van der Waals surface area contributed by atoms with Crippen LogP contribution in [-0.2, 0) is 30.3 Å². The number of amides is 2. The van der Waals surface area contributed by atoms with E-state index < -0.39 is 35.5 Å². The average Bonchev–Trinajstić information content (AvgIpc) is 3.50. The van der Waals surface area contributed by atoms with Crippen LogP contribution in [-0.4, -0.2) is 80.4 Å². The number of thioether (sulfide) groups is 1. The number of aliphatic imine (C=N–C) groups is 1. The van der Waals surface area contributed by atoms with Gasteiger partial charge in [0.2, 0.25) is 11.8 Å². The number of hydrogen-bond acceptors (Lipinski definition) is 8. The predicted octanol–water partition coefficient (Wildman–Crippen LogP) is 6.38. The standard InChI is InChI=1S/C36H57N3O7S/c1-8-10-12-13-19-39(32(42)14-11-9-2)30(24(3)4)21-31(46-25(5)40)34-38-29(23-47-34)33(43)37-27(22-36(6,7)35(44)45)20-26-15-17-28(41)18-16-26/h15-18,24,27,29-31,41H,8-14,19-23H2,1-7H3,(H,37,43)(H,44,45). The molecular formula is C36H57N3O7S. The molecule has 11 heteroatoms. The number of hydrogen-bond donors (Lipinski definition) is 3. The fourth-order valence-corrected chi connectivity index (χ4v) is 6.92. The van der Waals surface area contributed by atoms with Gasteiger partial charge in [-0.05, 0) is 63.1 Å². The molecule has 0 fully saturated rings. The van der Waals surface area contributed by atoms with Gasteiger partial charge >= 0.3 is 11.9 Å². The molecule has 0 radical (unpaired) electrons. The molecule has 10 nitrogen and oxygen atoms in total. The molecule has 47 heavy (non-hydrogen) atoms. The molecule has 4 atom stereocenters. The van der Waals surface area contributed by atoms with Crippen LogP contribution in [0.15, 0.2) is 29.3 Å². The number of carbonyl (C=O) groups is 4. The lowest BCUT2D eigenvalue weighted by Crippen LogP contribution is -2.47. The Bertz CT molecular complexity index is 1200. The SMILES string of the molecule is CCCCCCN(C(=O)CCCC)C(CC(OC(C)=O)C1=NC(C(=O)NC(Cc2ccc(O)cc2)CC(C)(C)C(=O)O)CS1)C(C)C. The summed E-state index contributed by atoms with van der Waals surface area (Å²) < 4.78 is 5.81. The van der Waals surface area contributed by atoms with Crippen molar-refractivity contribution in [3.05, 3.63) is 29.8 Å². The lowest BCUT2D eigenvalue weighted by molar-refractivity contribution is -0.148. The largest absolute Gasteiger partial charge is 0.508 e. The molecule has 1 aromatic carbocycles. The van der Waals surface area contributed by atoms with Gasteiger partial charge in [-0.3, -0.25) is 24.2 Å². The van der Waals surface area contributed by atoms with Crippen LogP contribution >= 0.6 is 11.8 Å². The fraction of sp³-hybridized carbons (Fsp3) is 0.694. The maximum Gasteiger partial charge on any atom is 0.309 e. The van der Waals surface area contributed by atoms with Crippen molar-refractivity contribution in [2.75, 3.05) is 12.3 Å². The normalized spacial score (nSPS) is 16.7. The summed E-state index contributed by atoms with van der Waals surface area (Å²) in [6.07, 6.45) is 6.66. The number of carbonyl (C=O) groups excluding carboxylic acids is 3. The predicted molar refractivity (Wildman–Crippen MR) is 188 cm³/mol. The number of ether oxygens (including phenoxy) is 1. The molecular weight excluding hydrogens is 618 g/mol. The van der Waals surface area contributed by atoms with Crippen molar-refractivity contribution in [3.63, 3.8) is 0 Å². The third-order valence-corrected chi connectivity index (χ3v) is 9.75. The minimum absolute atomic E-state index is 0.106. The zero-order valence-electron chi connectivity index (χ0n) is 29.4. The molecule has 1 aliphatic rings. The molecule has 2 amide bonds. The van der Waals surface area contributed by atoms with Gasteiger partial charge in [0.25, 0.3) is 0 Å². The van der Waals surface area contributed by atoms with Gasteiger partial charge < -0.3 is 25.2 Å². The number of unbranched alkanes of at least 4 members (excludes halogenated alkanes) is 4. The van der Waals surface area contributed by atoms with Gasteiger partial charge in [-0.2, -0.15) is 0 Å². The Morgan fingerprint density at radius 3 is 2.30 bits per heavy atom. The minimum atomic E-state index is -1.09. The van der Waals surface area contributed by atoms with Crippen molar-refractivity contribution in [1.29, 1.82) is 0 Å². The molecule has 0 bridgehead atoms. The maximum atomic E-state index is 13.6. The third kappa shape index (κ3) is 13.5. The number of phenols is 1. The molecule has 0 spiro atoms. The molecule has 264 valence electrons. The number of nitrogens with zero attached hydrogens (tertiary/aromatic N) is 2. The second kappa shape index (κ2) is 19.7. The first-order valence-electron chi connectivity index (χ1n) is 17.2. The number of carboxylic acid groups (broad SMARTS) is 1. The van der Waals surface area contributed by atoms with Crippen LogP contribution in [0, 0.1) is 11.3 Å². The van der Waals surface area contributed by atoms with E-state index in [0.29, 0.717) is 36.6 Å². The van der Waals surface area contributed by atoms with E-state index >= 15 is 0 Å². The number of aromatic hydroxyl groups is 1. The lowest BCUT2D eigenvalue weighted by Gasteiger charge is -2.37. The van der Waals surface area contributed by atoms with E-state index in [9.17, 15) is 29.4 Å². The summed E-state index contributed by atoms with van der Waals surface area (Å²) in [5, 5.41) is 23.0. The van der Waals surface area contributed by atoms with Crippen LogP contribution in [0.25, 0.3) is 0 Å². The van der Waals surface area contributed by atoms with E-state index in [0.717, 1.165) is 44.1 Å². The highest BCUT2D eigenvalue weighted by Gasteiger charge is 2.37. The smallest absolute Gasteiger partial charge is 0.309 e. The summed E-state index contributed by atoms with van der Waals surface area (Å²) in [7, 11) is 0. The number of rotatable bonds is 21. The van der Waals surface area contributed by atoms with Crippen LogP contribution in [0.1, 0.15) is 112 Å². The van der Waals surface area contributed by atoms with Crippen molar-refractivity contribution in [2.24, 2.45) is 16.3 Å². The van der Waals surface area contributed by atoms with E-state index in [-0.39, 0.29) is 35.9 Å². The van der Waals surface area contributed by atoms with E-state index in [4.69, 9.17) is 9.73 Å². The van der Waals surface area contributed by atoms with Crippen LogP contribution in [0.2, 0.25) is 0 Å². The molecule has 0 saturated heterocycles. The zero-order valence-corrected chi connectivity index (χ0v) is 30.2. The van der Waals surface area contributed by atoms with Gasteiger partial charge in [0.15, 0.2) is 6.10 Å². The van der Waals surface area contributed by atoms with E-state index in [2.05, 4.69) is 33.0 Å². The highest BCUT2D eigenvalue weighted by molar-refractivity contribution is 8.14. The van der Waals surface area contributed by atoms with E-state index in [1.165, 1.54) is 18.7 Å². The van der Waals surface area contributed by atoms with Crippen LogP contribution in [0.4, 0.5) is 0 Å². The van der Waals surface area contributed by atoms with Gasteiger partial charge in [0.1, 0.15) is 16.8 Å². The summed E-state index contributed by atoms with van der Waals surface area (Å²) in [5.74, 6) is -1.04. The highest BCUT2D eigenvalue weighted by atomic mass is 32.2. The van der Waals surface area contributed by atoms with Crippen molar-refractivity contribution >= 4 is 40.6 Å². The first kappa shape index (κ1) is 40.1. The molecule has 1 aromatic rings. The van der Waals surface area contributed by atoms with Crippen LogP contribution in [0.3, 0.4) is 0 Å². The molecule has 4 unspecified atom stereocenters. The van der Waals surface area contributed by atoms with Gasteiger partial charge in [-0.15, -0.1) is 11.8 Å². The number of benzene rings is 1. The molecule has 0 saturated carbocycles. The third-order valence-electron chi connectivity index (χ3n) is 8.60. The average molecular weight is 676 g/mol.